The summed E-state index contributed by atoms with van der Waals surface area (Å²) in [6.07, 6.45) is 1.20. The van der Waals surface area contributed by atoms with Gasteiger partial charge in [-0.05, 0) is 87.7 Å². The Kier molecular flexibility index (Phi) is 11.5. The van der Waals surface area contributed by atoms with E-state index in [-0.39, 0.29) is 48.7 Å². The summed E-state index contributed by atoms with van der Waals surface area (Å²) in [7, 11) is -2.60. The molecular formula is C42H58F2N6O9S. The Hall–Kier alpha value is -4.35. The summed E-state index contributed by atoms with van der Waals surface area (Å²) in [5.41, 5.74) is -2.73. The Balaban J connectivity index is 1.30. The van der Waals surface area contributed by atoms with E-state index in [0.29, 0.717) is 50.7 Å². The molecule has 1 aromatic carbocycles. The number of nitrogens with one attached hydrogen (secondary N) is 3. The molecule has 2 aromatic rings. The molecule has 330 valence electrons. The molecule has 1 unspecified atom stereocenters. The number of ether oxygens (including phenoxy) is 3. The highest BCUT2D eigenvalue weighted by atomic mass is 32.2. The van der Waals surface area contributed by atoms with E-state index in [1.165, 1.54) is 18.1 Å². The van der Waals surface area contributed by atoms with Crippen molar-refractivity contribution in [3.8, 4) is 11.6 Å². The maximum Gasteiger partial charge on any atom is 0.408 e. The van der Waals surface area contributed by atoms with Gasteiger partial charge in [-0.3, -0.25) is 19.1 Å². The minimum atomic E-state index is -4.06. The molecule has 1 aromatic heterocycles. The standard InChI is InChI=1S/C42H58F2N6O9S/c1-8-12-24-21-41(24,37(53)49-60(55,56)40(6)17-18-40)48-34(51)31-26(9-2)30-22-50(31)36(52)33(39(3,4)5)47-38(54)59-29-19-23(29)13-10-11-16-42(43,44)32-35(58-30)46-28-20-25(57-7)14-15-27(28)45-32/h14-15,20,23-24,26,29-31,33H,8-13,16-19,21-22H2,1-7H3,(H,47,54)(H,48,51)(H,49,53)/t23-,24-,26-,29-,30+,31+,33-,41?/m1/s1. The second kappa shape index (κ2) is 15.8. The predicted molar refractivity (Wildman–Crippen MR) is 215 cm³/mol. The highest BCUT2D eigenvalue weighted by Gasteiger charge is 2.64. The lowest BCUT2D eigenvalue weighted by molar-refractivity contribution is -0.143. The Morgan fingerprint density at radius 3 is 2.43 bits per heavy atom. The van der Waals surface area contributed by atoms with Crippen molar-refractivity contribution in [3.63, 3.8) is 0 Å². The van der Waals surface area contributed by atoms with E-state index in [1.54, 1.807) is 46.8 Å². The summed E-state index contributed by atoms with van der Waals surface area (Å²) in [4.78, 5) is 67.4. The van der Waals surface area contributed by atoms with Crippen LogP contribution >= 0.6 is 0 Å². The van der Waals surface area contributed by atoms with Crippen molar-refractivity contribution in [3.05, 3.63) is 23.9 Å². The molecular weight excluding hydrogens is 803 g/mol. The van der Waals surface area contributed by atoms with Crippen molar-refractivity contribution in [2.24, 2.45) is 23.2 Å². The van der Waals surface area contributed by atoms with Crippen molar-refractivity contribution >= 4 is 44.9 Å². The first kappa shape index (κ1) is 43.7. The molecule has 3 N–H and O–H groups in total. The van der Waals surface area contributed by atoms with E-state index >= 15 is 8.78 Å². The zero-order valence-electron chi connectivity index (χ0n) is 35.4. The number of alkyl carbamates (subject to hydrolysis) is 1. The molecule has 3 heterocycles. The molecule has 8 atom stereocenters. The van der Waals surface area contributed by atoms with Crippen LogP contribution in [0.5, 0.6) is 11.6 Å². The second-order valence-electron chi connectivity index (χ2n) is 18.8. The molecule has 3 saturated carbocycles. The molecule has 4 fully saturated rings. The van der Waals surface area contributed by atoms with Crippen LogP contribution in [0.1, 0.15) is 118 Å². The molecule has 5 aliphatic rings. The normalized spacial score (nSPS) is 31.2. The van der Waals surface area contributed by atoms with Crippen LogP contribution in [0.15, 0.2) is 18.2 Å². The predicted octanol–water partition coefficient (Wildman–Crippen LogP) is 5.49. The number of hydrogen-bond donors (Lipinski definition) is 3. The van der Waals surface area contributed by atoms with Gasteiger partial charge in [-0.15, -0.1) is 0 Å². The monoisotopic (exact) mass is 860 g/mol. The Morgan fingerprint density at radius 1 is 1.05 bits per heavy atom. The lowest BCUT2D eigenvalue weighted by Gasteiger charge is -2.36. The highest BCUT2D eigenvalue weighted by Crippen LogP contribution is 2.49. The maximum absolute atomic E-state index is 16.4. The van der Waals surface area contributed by atoms with E-state index in [2.05, 4.69) is 25.3 Å². The number of halogens is 2. The number of methoxy groups -OCH3 is 1. The van der Waals surface area contributed by atoms with Gasteiger partial charge in [0.15, 0.2) is 5.69 Å². The van der Waals surface area contributed by atoms with Crippen LogP contribution in [0, 0.1) is 23.2 Å². The number of rotatable bonds is 9. The van der Waals surface area contributed by atoms with Crippen molar-refractivity contribution in [1.29, 1.82) is 0 Å². The number of nitrogens with zero attached hydrogens (tertiary/aromatic N) is 3. The number of hydrogen-bond acceptors (Lipinski definition) is 11. The summed E-state index contributed by atoms with van der Waals surface area (Å²) in [5, 5.41) is 5.65. The van der Waals surface area contributed by atoms with E-state index in [9.17, 15) is 27.6 Å². The molecule has 0 spiro atoms. The average Bonchev–Trinajstić information content (AvgIpc) is 4.14. The number of aromatic nitrogens is 2. The van der Waals surface area contributed by atoms with Gasteiger partial charge in [0.1, 0.15) is 35.6 Å². The summed E-state index contributed by atoms with van der Waals surface area (Å²) in [6.45, 7) is 10.2. The third kappa shape index (κ3) is 8.45. The first-order chi connectivity index (χ1) is 28.2. The highest BCUT2D eigenvalue weighted by molar-refractivity contribution is 7.91. The van der Waals surface area contributed by atoms with Crippen LogP contribution in [0.25, 0.3) is 11.0 Å². The molecule has 7 rings (SSSR count). The molecule has 2 bridgehead atoms. The summed E-state index contributed by atoms with van der Waals surface area (Å²) in [6, 6.07) is 2.13. The van der Waals surface area contributed by atoms with Gasteiger partial charge in [-0.25, -0.2) is 23.2 Å². The minimum Gasteiger partial charge on any atom is -0.497 e. The number of sulfonamides is 1. The lowest BCUT2D eigenvalue weighted by Crippen LogP contribution is -2.61. The van der Waals surface area contributed by atoms with Gasteiger partial charge in [-0.2, -0.15) is 8.78 Å². The number of amides is 4. The topological polar surface area (TPSA) is 195 Å². The van der Waals surface area contributed by atoms with Crippen LogP contribution in [0.4, 0.5) is 13.6 Å². The third-order valence-corrected chi connectivity index (χ3v) is 15.4. The first-order valence-electron chi connectivity index (χ1n) is 21.2. The van der Waals surface area contributed by atoms with Crippen molar-refractivity contribution < 1.29 is 50.6 Å². The fourth-order valence-corrected chi connectivity index (χ4v) is 10.2. The van der Waals surface area contributed by atoms with Crippen LogP contribution < -0.4 is 24.8 Å². The lowest BCUT2D eigenvalue weighted by atomic mass is 9.85. The molecule has 4 amide bonds. The molecule has 18 heteroatoms. The third-order valence-electron chi connectivity index (χ3n) is 13.2. The largest absolute Gasteiger partial charge is 0.497 e. The quantitative estimate of drug-likeness (QED) is 0.289. The number of carbonyl (C=O) groups is 4. The van der Waals surface area contributed by atoms with Gasteiger partial charge < -0.3 is 29.7 Å². The van der Waals surface area contributed by atoms with Crippen molar-refractivity contribution in [2.45, 2.75) is 153 Å². The zero-order valence-corrected chi connectivity index (χ0v) is 36.3. The van der Waals surface area contributed by atoms with E-state index in [1.807, 2.05) is 6.92 Å². The SMILES string of the molecule is CCC[C@@H]1CC1(NC(=O)[C@@H]1[C@H](CC)[C@@H]2CN1C(=O)[C@H](C(C)(C)C)NC(=O)O[C@@H]1C[C@H]1CCCCC(F)(F)c1nc3ccc(OC)cc3nc1O2)C(=O)NS(=O)(=O)C1(C)CC1. The van der Waals surface area contributed by atoms with Gasteiger partial charge in [0.25, 0.3) is 11.8 Å². The van der Waals surface area contributed by atoms with Gasteiger partial charge >= 0.3 is 6.09 Å². The van der Waals surface area contributed by atoms with E-state index in [4.69, 9.17) is 14.2 Å². The fourth-order valence-electron chi connectivity index (χ4n) is 8.89. The molecule has 0 radical (unpaired) electrons. The molecule has 3 aliphatic carbocycles. The number of carbonyl (C=O) groups excluding carboxylic acids is 4. The van der Waals surface area contributed by atoms with E-state index in [0.717, 1.165) is 0 Å². The van der Waals surface area contributed by atoms with E-state index < -0.39 is 104 Å². The van der Waals surface area contributed by atoms with Crippen molar-refractivity contribution in [1.82, 2.24) is 30.2 Å². The molecule has 1 saturated heterocycles. The number of alkyl halides is 2. The van der Waals surface area contributed by atoms with Crippen LogP contribution in [0.2, 0.25) is 0 Å². The second-order valence-corrected chi connectivity index (χ2v) is 21.0. The molecule has 15 nitrogen and oxygen atoms in total. The van der Waals surface area contributed by atoms with Gasteiger partial charge in [0, 0.05) is 18.4 Å². The number of benzene rings is 1. The van der Waals surface area contributed by atoms with Gasteiger partial charge in [0.2, 0.25) is 27.7 Å². The average molecular weight is 861 g/mol. The van der Waals surface area contributed by atoms with Crippen LogP contribution in [-0.2, 0) is 35.1 Å². The maximum atomic E-state index is 16.4. The van der Waals surface area contributed by atoms with Gasteiger partial charge in [0.05, 0.1) is 29.4 Å². The minimum absolute atomic E-state index is 0.00953. The summed E-state index contributed by atoms with van der Waals surface area (Å²) >= 11 is 0. The molecule has 60 heavy (non-hydrogen) atoms. The Bertz CT molecular complexity index is 2150. The summed E-state index contributed by atoms with van der Waals surface area (Å²) < 4.78 is 78.0. The van der Waals surface area contributed by atoms with Gasteiger partial charge in [-0.1, -0.05) is 47.5 Å². The van der Waals surface area contributed by atoms with Crippen LogP contribution in [0.3, 0.4) is 0 Å². The fraction of sp³-hybridized carbons (Fsp3) is 0.714. The molecule has 2 aliphatic heterocycles. The smallest absolute Gasteiger partial charge is 0.408 e. The van der Waals surface area contributed by atoms with Crippen LogP contribution in [-0.4, -0.2) is 95.3 Å². The summed E-state index contributed by atoms with van der Waals surface area (Å²) in [5.74, 6) is -7.00. The van der Waals surface area contributed by atoms with Crippen molar-refractivity contribution in [2.75, 3.05) is 13.7 Å². The zero-order chi connectivity index (χ0) is 43.6. The number of fused-ring (bicyclic) bond motifs is 5. The Morgan fingerprint density at radius 2 is 1.78 bits per heavy atom. The Labute approximate surface area is 349 Å². The first-order valence-corrected chi connectivity index (χ1v) is 22.7.